The first kappa shape index (κ1) is 5.83. The van der Waals surface area contributed by atoms with Crippen molar-refractivity contribution in [1.82, 2.24) is 10.2 Å². The molecule has 0 radical (unpaired) electrons. The minimum absolute atomic E-state index is 1.20. The SMILES string of the molecule is c1nncc2c1CCCC2. The molecule has 0 unspecified atom stereocenters. The molecule has 1 aliphatic carbocycles. The standard InChI is InChI=1S/C8H10N2/c1-2-4-8-6-10-9-5-7(8)3-1/h5-6H,1-4H2. The number of hydrogen-bond donors (Lipinski definition) is 0. The minimum Gasteiger partial charge on any atom is -0.159 e. The molecule has 1 aromatic heterocycles. The Morgan fingerprint density at radius 1 is 0.900 bits per heavy atom. The van der Waals surface area contributed by atoms with E-state index >= 15 is 0 Å². The van der Waals surface area contributed by atoms with Gasteiger partial charge in [-0.3, -0.25) is 0 Å². The van der Waals surface area contributed by atoms with Crippen molar-refractivity contribution in [3.8, 4) is 0 Å². The van der Waals surface area contributed by atoms with E-state index in [4.69, 9.17) is 0 Å². The highest BCUT2D eigenvalue weighted by molar-refractivity contribution is 5.22. The van der Waals surface area contributed by atoms with E-state index in [1.165, 1.54) is 36.8 Å². The van der Waals surface area contributed by atoms with Gasteiger partial charge in [-0.25, -0.2) is 0 Å². The van der Waals surface area contributed by atoms with Crippen molar-refractivity contribution in [2.45, 2.75) is 25.7 Å². The summed E-state index contributed by atoms with van der Waals surface area (Å²) in [4.78, 5) is 0. The molecule has 2 rings (SSSR count). The predicted molar refractivity (Wildman–Crippen MR) is 38.7 cm³/mol. The molecule has 1 aromatic rings. The number of aryl methyl sites for hydroxylation is 2. The van der Waals surface area contributed by atoms with Crippen LogP contribution in [0.3, 0.4) is 0 Å². The minimum atomic E-state index is 1.20. The summed E-state index contributed by atoms with van der Waals surface area (Å²) < 4.78 is 0. The van der Waals surface area contributed by atoms with Gasteiger partial charge in [0.1, 0.15) is 0 Å². The Morgan fingerprint density at radius 2 is 1.40 bits per heavy atom. The summed E-state index contributed by atoms with van der Waals surface area (Å²) >= 11 is 0. The Balaban J connectivity index is 2.41. The Morgan fingerprint density at radius 3 is 1.90 bits per heavy atom. The van der Waals surface area contributed by atoms with E-state index in [0.717, 1.165) is 0 Å². The Hall–Kier alpha value is -0.920. The molecule has 0 saturated carbocycles. The molecule has 1 heterocycles. The predicted octanol–water partition coefficient (Wildman–Crippen LogP) is 1.36. The third-order valence-corrected chi connectivity index (χ3v) is 2.05. The first-order valence-corrected chi connectivity index (χ1v) is 3.75. The molecule has 0 spiro atoms. The highest BCUT2D eigenvalue weighted by atomic mass is 15.1. The second kappa shape index (κ2) is 2.37. The fraction of sp³-hybridized carbons (Fsp3) is 0.500. The first-order valence-electron chi connectivity index (χ1n) is 3.75. The van der Waals surface area contributed by atoms with Crippen molar-refractivity contribution in [3.63, 3.8) is 0 Å². The zero-order valence-electron chi connectivity index (χ0n) is 5.88. The van der Waals surface area contributed by atoms with Crippen LogP contribution in [-0.2, 0) is 12.8 Å². The lowest BCUT2D eigenvalue weighted by Gasteiger charge is -2.12. The molecule has 2 nitrogen and oxygen atoms in total. The summed E-state index contributed by atoms with van der Waals surface area (Å²) in [6.07, 6.45) is 8.83. The lowest BCUT2D eigenvalue weighted by molar-refractivity contribution is 0.674. The van der Waals surface area contributed by atoms with E-state index < -0.39 is 0 Å². The summed E-state index contributed by atoms with van der Waals surface area (Å²) in [6.45, 7) is 0. The summed E-state index contributed by atoms with van der Waals surface area (Å²) in [5.41, 5.74) is 2.81. The third-order valence-electron chi connectivity index (χ3n) is 2.05. The third kappa shape index (κ3) is 0.897. The van der Waals surface area contributed by atoms with Crippen molar-refractivity contribution >= 4 is 0 Å². The van der Waals surface area contributed by atoms with E-state index in [1.807, 2.05) is 12.4 Å². The monoisotopic (exact) mass is 134 g/mol. The molecule has 1 aliphatic rings. The van der Waals surface area contributed by atoms with Crippen LogP contribution in [0.4, 0.5) is 0 Å². The van der Waals surface area contributed by atoms with Gasteiger partial charge in [-0.05, 0) is 36.8 Å². The Kier molecular flexibility index (Phi) is 1.38. The molecule has 10 heavy (non-hydrogen) atoms. The van der Waals surface area contributed by atoms with Crippen LogP contribution in [0.1, 0.15) is 24.0 Å². The second-order valence-electron chi connectivity index (χ2n) is 2.75. The van der Waals surface area contributed by atoms with E-state index in [1.54, 1.807) is 0 Å². The van der Waals surface area contributed by atoms with Crippen LogP contribution in [0, 0.1) is 0 Å². The maximum Gasteiger partial charge on any atom is 0.0530 e. The van der Waals surface area contributed by atoms with Gasteiger partial charge in [0.15, 0.2) is 0 Å². The summed E-state index contributed by atoms with van der Waals surface area (Å²) in [7, 11) is 0. The van der Waals surface area contributed by atoms with Crippen LogP contribution in [0.15, 0.2) is 12.4 Å². The summed E-state index contributed by atoms with van der Waals surface area (Å²) in [5, 5.41) is 7.70. The lowest BCUT2D eigenvalue weighted by atomic mass is 9.95. The van der Waals surface area contributed by atoms with Gasteiger partial charge < -0.3 is 0 Å². The topological polar surface area (TPSA) is 25.8 Å². The average molecular weight is 134 g/mol. The van der Waals surface area contributed by atoms with Crippen LogP contribution >= 0.6 is 0 Å². The number of nitrogens with zero attached hydrogens (tertiary/aromatic N) is 2. The molecule has 0 fully saturated rings. The quantitative estimate of drug-likeness (QED) is 0.535. The highest BCUT2D eigenvalue weighted by Gasteiger charge is 2.07. The van der Waals surface area contributed by atoms with Crippen LogP contribution < -0.4 is 0 Å². The van der Waals surface area contributed by atoms with Crippen LogP contribution in [0.2, 0.25) is 0 Å². The molecular weight excluding hydrogens is 124 g/mol. The van der Waals surface area contributed by atoms with Gasteiger partial charge in [0.05, 0.1) is 12.4 Å². The maximum absolute atomic E-state index is 3.85. The Bertz CT molecular complexity index is 207. The molecule has 0 aromatic carbocycles. The molecular formula is C8H10N2. The summed E-state index contributed by atoms with van der Waals surface area (Å²) in [5.74, 6) is 0. The first-order chi connectivity index (χ1) is 4.97. The van der Waals surface area contributed by atoms with Crippen LogP contribution in [0.5, 0.6) is 0 Å². The van der Waals surface area contributed by atoms with Crippen molar-refractivity contribution in [2.24, 2.45) is 0 Å². The number of aromatic nitrogens is 2. The molecule has 0 bridgehead atoms. The van der Waals surface area contributed by atoms with Gasteiger partial charge in [0.25, 0.3) is 0 Å². The maximum atomic E-state index is 3.85. The zero-order chi connectivity index (χ0) is 6.81. The number of fused-ring (bicyclic) bond motifs is 1. The lowest BCUT2D eigenvalue weighted by Crippen LogP contribution is -2.03. The highest BCUT2D eigenvalue weighted by Crippen LogP contribution is 2.17. The van der Waals surface area contributed by atoms with Gasteiger partial charge in [0, 0.05) is 0 Å². The van der Waals surface area contributed by atoms with Crippen molar-refractivity contribution < 1.29 is 0 Å². The molecule has 52 valence electrons. The van der Waals surface area contributed by atoms with E-state index in [2.05, 4.69) is 10.2 Å². The zero-order valence-corrected chi connectivity index (χ0v) is 5.88. The van der Waals surface area contributed by atoms with Gasteiger partial charge in [-0.15, -0.1) is 0 Å². The molecule has 0 saturated heterocycles. The number of rotatable bonds is 0. The van der Waals surface area contributed by atoms with E-state index in [-0.39, 0.29) is 0 Å². The molecule has 0 atom stereocenters. The summed E-state index contributed by atoms with van der Waals surface area (Å²) in [6, 6.07) is 0. The molecule has 0 N–H and O–H groups in total. The van der Waals surface area contributed by atoms with Crippen molar-refractivity contribution in [2.75, 3.05) is 0 Å². The van der Waals surface area contributed by atoms with Gasteiger partial charge in [-0.1, -0.05) is 0 Å². The Labute approximate surface area is 60.3 Å². The average Bonchev–Trinajstić information content (AvgIpc) is 2.05. The second-order valence-corrected chi connectivity index (χ2v) is 2.75. The van der Waals surface area contributed by atoms with Crippen LogP contribution in [-0.4, -0.2) is 10.2 Å². The van der Waals surface area contributed by atoms with E-state index in [0.29, 0.717) is 0 Å². The van der Waals surface area contributed by atoms with Crippen LogP contribution in [0.25, 0.3) is 0 Å². The number of hydrogen-bond acceptors (Lipinski definition) is 2. The fourth-order valence-electron chi connectivity index (χ4n) is 1.45. The molecule has 0 amide bonds. The van der Waals surface area contributed by atoms with Gasteiger partial charge in [0.2, 0.25) is 0 Å². The largest absolute Gasteiger partial charge is 0.159 e. The molecule has 0 aliphatic heterocycles. The normalized spacial score (nSPS) is 16.4. The smallest absolute Gasteiger partial charge is 0.0530 e. The van der Waals surface area contributed by atoms with Gasteiger partial charge >= 0.3 is 0 Å². The van der Waals surface area contributed by atoms with Gasteiger partial charge in [-0.2, -0.15) is 10.2 Å². The van der Waals surface area contributed by atoms with Crippen molar-refractivity contribution in [3.05, 3.63) is 23.5 Å². The van der Waals surface area contributed by atoms with E-state index in [9.17, 15) is 0 Å². The fourth-order valence-corrected chi connectivity index (χ4v) is 1.45. The molecule has 2 heteroatoms. The van der Waals surface area contributed by atoms with Crippen molar-refractivity contribution in [1.29, 1.82) is 0 Å².